The van der Waals surface area contributed by atoms with Crippen LogP contribution >= 0.6 is 0 Å². The zero-order chi connectivity index (χ0) is 20.2. The molecule has 0 saturated carbocycles. The number of urea groups is 1. The van der Waals surface area contributed by atoms with Gasteiger partial charge >= 0.3 is 6.03 Å². The largest absolute Gasteiger partial charge is 0.399 e. The van der Waals surface area contributed by atoms with E-state index < -0.39 is 0 Å². The number of fused-ring (bicyclic) bond motifs is 3. The average molecular weight is 389 g/mol. The summed E-state index contributed by atoms with van der Waals surface area (Å²) < 4.78 is 2.10. The second-order valence-corrected chi connectivity index (χ2v) is 6.86. The summed E-state index contributed by atoms with van der Waals surface area (Å²) in [4.78, 5) is 20.8. The van der Waals surface area contributed by atoms with Crippen LogP contribution in [0.1, 0.15) is 12.8 Å². The third-order valence-corrected chi connectivity index (χ3v) is 4.74. The molecule has 0 bridgehead atoms. The number of rotatable bonds is 6. The molecule has 148 valence electrons. The highest BCUT2D eigenvalue weighted by molar-refractivity contribution is 6.06. The Labute approximate surface area is 167 Å². The van der Waals surface area contributed by atoms with Crippen LogP contribution in [0.25, 0.3) is 21.9 Å². The maximum absolute atomic E-state index is 12.0. The van der Waals surface area contributed by atoms with Crippen LogP contribution in [0.4, 0.5) is 22.0 Å². The summed E-state index contributed by atoms with van der Waals surface area (Å²) >= 11 is 0. The van der Waals surface area contributed by atoms with Gasteiger partial charge in [-0.15, -0.1) is 0 Å². The lowest BCUT2D eigenvalue weighted by molar-refractivity contribution is 0.252. The lowest BCUT2D eigenvalue weighted by Gasteiger charge is -2.09. The second kappa shape index (κ2) is 8.05. The molecular weight excluding hydrogens is 366 g/mol. The van der Waals surface area contributed by atoms with Gasteiger partial charge in [0.2, 0.25) is 0 Å². The Morgan fingerprint density at radius 3 is 2.79 bits per heavy atom. The quantitative estimate of drug-likeness (QED) is 0.297. The monoisotopic (exact) mass is 389 g/mol. The molecule has 2 aromatic carbocycles. The van der Waals surface area contributed by atoms with Crippen molar-refractivity contribution in [3.63, 3.8) is 0 Å². The predicted molar refractivity (Wildman–Crippen MR) is 117 cm³/mol. The molecule has 0 spiro atoms. The Bertz CT molecular complexity index is 1170. The van der Waals surface area contributed by atoms with Crippen molar-refractivity contribution >= 4 is 45.2 Å². The number of benzene rings is 2. The number of imidazole rings is 1. The average Bonchev–Trinajstić information content (AvgIpc) is 3.13. The third-order valence-electron chi connectivity index (χ3n) is 4.74. The molecule has 0 radical (unpaired) electrons. The number of nitrogen functional groups attached to an aromatic ring is 2. The van der Waals surface area contributed by atoms with Gasteiger partial charge in [0.25, 0.3) is 0 Å². The topological polar surface area (TPSA) is 124 Å². The third kappa shape index (κ3) is 4.06. The van der Waals surface area contributed by atoms with Crippen LogP contribution in [0.2, 0.25) is 0 Å². The van der Waals surface area contributed by atoms with Gasteiger partial charge in [-0.1, -0.05) is 24.3 Å². The zero-order valence-electron chi connectivity index (χ0n) is 15.9. The molecule has 8 heteroatoms. The highest BCUT2D eigenvalue weighted by Gasteiger charge is 2.11. The normalized spacial score (nSPS) is 11.0. The second-order valence-electron chi connectivity index (χ2n) is 6.86. The van der Waals surface area contributed by atoms with Gasteiger partial charge in [-0.25, -0.2) is 14.8 Å². The molecule has 4 rings (SSSR count). The lowest BCUT2D eigenvalue weighted by Crippen LogP contribution is -2.29. The van der Waals surface area contributed by atoms with E-state index >= 15 is 0 Å². The molecule has 2 amide bonds. The van der Waals surface area contributed by atoms with E-state index in [1.165, 1.54) is 0 Å². The van der Waals surface area contributed by atoms with Gasteiger partial charge in [0, 0.05) is 29.9 Å². The number of hydrogen-bond acceptors (Lipinski definition) is 5. The number of unbranched alkanes of at least 4 members (excludes halogenated alkanes) is 1. The van der Waals surface area contributed by atoms with Crippen molar-refractivity contribution in [2.75, 3.05) is 23.3 Å². The van der Waals surface area contributed by atoms with Crippen LogP contribution in [-0.2, 0) is 6.54 Å². The number of nitrogens with zero attached hydrogens (tertiary/aromatic N) is 3. The molecule has 0 aliphatic carbocycles. The van der Waals surface area contributed by atoms with E-state index in [1.54, 1.807) is 30.6 Å². The number of aryl methyl sites for hydroxylation is 1. The van der Waals surface area contributed by atoms with Crippen molar-refractivity contribution in [1.82, 2.24) is 19.9 Å². The van der Waals surface area contributed by atoms with Gasteiger partial charge in [-0.05, 0) is 37.1 Å². The van der Waals surface area contributed by atoms with E-state index in [2.05, 4.69) is 25.2 Å². The zero-order valence-corrected chi connectivity index (χ0v) is 15.9. The van der Waals surface area contributed by atoms with Crippen LogP contribution < -0.4 is 22.1 Å². The summed E-state index contributed by atoms with van der Waals surface area (Å²) in [5, 5.41) is 6.67. The molecule has 6 N–H and O–H groups in total. The van der Waals surface area contributed by atoms with E-state index in [9.17, 15) is 4.79 Å². The molecule has 4 aromatic rings. The number of aromatic nitrogens is 3. The number of amides is 2. The van der Waals surface area contributed by atoms with Crippen LogP contribution in [-0.4, -0.2) is 27.1 Å². The van der Waals surface area contributed by atoms with Gasteiger partial charge in [0.05, 0.1) is 17.4 Å². The van der Waals surface area contributed by atoms with Gasteiger partial charge in [0.15, 0.2) is 5.82 Å². The fourth-order valence-corrected chi connectivity index (χ4v) is 3.38. The fraction of sp³-hybridized carbons (Fsp3) is 0.190. The van der Waals surface area contributed by atoms with E-state index in [-0.39, 0.29) is 6.03 Å². The Balaban J connectivity index is 1.33. The number of carbonyl (C=O) groups is 1. The number of para-hydroxylation sites is 1. The van der Waals surface area contributed by atoms with E-state index in [1.807, 2.05) is 24.3 Å². The predicted octanol–water partition coefficient (Wildman–Crippen LogP) is 3.35. The molecule has 0 aliphatic rings. The molecule has 29 heavy (non-hydrogen) atoms. The SMILES string of the molecule is Nc1cccc(NC(=O)NCCCCn2cnc3c(N)nc4ccccc4c32)c1. The number of pyridine rings is 1. The summed E-state index contributed by atoms with van der Waals surface area (Å²) in [7, 11) is 0. The number of carbonyl (C=O) groups excluding carboxylic acids is 1. The van der Waals surface area contributed by atoms with Crippen molar-refractivity contribution in [2.45, 2.75) is 19.4 Å². The smallest absolute Gasteiger partial charge is 0.319 e. The Morgan fingerprint density at radius 1 is 1.07 bits per heavy atom. The highest BCUT2D eigenvalue weighted by Crippen LogP contribution is 2.27. The number of anilines is 3. The van der Waals surface area contributed by atoms with Crippen molar-refractivity contribution in [3.8, 4) is 0 Å². The summed E-state index contributed by atoms with van der Waals surface area (Å²) in [6, 6.07) is 14.8. The standard InChI is InChI=1S/C21H23N7O/c22-14-6-5-7-15(12-14)26-21(29)24-10-3-4-11-28-13-25-18-19(28)16-8-1-2-9-17(16)27-20(18)23/h1-2,5-9,12-13H,3-4,10-11,22H2,(H2,23,27)(H2,24,26,29). The minimum absolute atomic E-state index is 0.242. The number of nitrogens with one attached hydrogen (secondary N) is 2. The van der Waals surface area contributed by atoms with Gasteiger partial charge in [0.1, 0.15) is 5.52 Å². The first kappa shape index (κ1) is 18.5. The first-order valence-electron chi connectivity index (χ1n) is 9.51. The van der Waals surface area contributed by atoms with Gasteiger partial charge in [-0.3, -0.25) is 0 Å². The molecule has 0 fully saturated rings. The summed E-state index contributed by atoms with van der Waals surface area (Å²) in [6.45, 7) is 1.35. The molecule has 0 atom stereocenters. The molecule has 0 saturated heterocycles. The molecular formula is C21H23N7O. The lowest BCUT2D eigenvalue weighted by atomic mass is 10.2. The molecule has 8 nitrogen and oxygen atoms in total. The molecule has 0 unspecified atom stereocenters. The van der Waals surface area contributed by atoms with E-state index in [0.29, 0.717) is 23.7 Å². The Morgan fingerprint density at radius 2 is 1.93 bits per heavy atom. The minimum Gasteiger partial charge on any atom is -0.399 e. The van der Waals surface area contributed by atoms with E-state index in [0.717, 1.165) is 41.3 Å². The first-order chi connectivity index (χ1) is 14.1. The van der Waals surface area contributed by atoms with Crippen molar-refractivity contribution in [3.05, 3.63) is 54.9 Å². The van der Waals surface area contributed by atoms with Crippen LogP contribution in [0.15, 0.2) is 54.9 Å². The van der Waals surface area contributed by atoms with Crippen molar-refractivity contribution in [2.24, 2.45) is 0 Å². The molecule has 0 aliphatic heterocycles. The Kier molecular flexibility index (Phi) is 5.15. The molecule has 2 heterocycles. The maximum Gasteiger partial charge on any atom is 0.319 e. The van der Waals surface area contributed by atoms with Gasteiger partial charge in [-0.2, -0.15) is 0 Å². The maximum atomic E-state index is 12.0. The van der Waals surface area contributed by atoms with Gasteiger partial charge < -0.3 is 26.7 Å². The number of nitrogens with two attached hydrogens (primary N) is 2. The van der Waals surface area contributed by atoms with Crippen molar-refractivity contribution < 1.29 is 4.79 Å². The van der Waals surface area contributed by atoms with E-state index in [4.69, 9.17) is 11.5 Å². The fourth-order valence-electron chi connectivity index (χ4n) is 3.38. The first-order valence-corrected chi connectivity index (χ1v) is 9.51. The van der Waals surface area contributed by atoms with Crippen molar-refractivity contribution in [1.29, 1.82) is 0 Å². The van der Waals surface area contributed by atoms with Crippen LogP contribution in [0.5, 0.6) is 0 Å². The summed E-state index contributed by atoms with van der Waals surface area (Å²) in [6.07, 6.45) is 3.53. The van der Waals surface area contributed by atoms with Crippen LogP contribution in [0, 0.1) is 0 Å². The number of hydrogen-bond donors (Lipinski definition) is 4. The molecule has 2 aromatic heterocycles. The minimum atomic E-state index is -0.242. The Hall–Kier alpha value is -3.81. The highest BCUT2D eigenvalue weighted by atomic mass is 16.2. The van der Waals surface area contributed by atoms with Crippen LogP contribution in [0.3, 0.4) is 0 Å². The summed E-state index contributed by atoms with van der Waals surface area (Å²) in [5.41, 5.74) is 15.6. The summed E-state index contributed by atoms with van der Waals surface area (Å²) in [5.74, 6) is 0.442.